The molecule has 2 N–H and O–H groups in total. The van der Waals surface area contributed by atoms with Crippen LogP contribution in [0.3, 0.4) is 0 Å². The molecule has 0 saturated heterocycles. The van der Waals surface area contributed by atoms with Gasteiger partial charge in [-0.25, -0.2) is 0 Å². The van der Waals surface area contributed by atoms with Crippen LogP contribution in [0.1, 0.15) is 16.7 Å². The van der Waals surface area contributed by atoms with E-state index in [2.05, 4.69) is 11.9 Å². The molecule has 0 aliphatic rings. The number of methoxy groups -OCH3 is 2. The van der Waals surface area contributed by atoms with Gasteiger partial charge in [-0.2, -0.15) is 0 Å². The Bertz CT molecular complexity index is 784. The van der Waals surface area contributed by atoms with Crippen molar-refractivity contribution in [1.82, 2.24) is 0 Å². The molecule has 5 heteroatoms. The summed E-state index contributed by atoms with van der Waals surface area (Å²) in [4.78, 5) is 11.4. The van der Waals surface area contributed by atoms with Crippen LogP contribution in [-0.2, 0) is 17.6 Å². The predicted molar refractivity (Wildman–Crippen MR) is 98.6 cm³/mol. The number of carbonyl (C=O) groups excluding carboxylic acids is 1. The van der Waals surface area contributed by atoms with E-state index in [0.29, 0.717) is 17.2 Å². The van der Waals surface area contributed by atoms with E-state index in [9.17, 15) is 9.90 Å². The van der Waals surface area contributed by atoms with Gasteiger partial charge in [0, 0.05) is 0 Å². The Hall–Kier alpha value is -2.95. The number of carbonyl (C=O) groups is 1. The summed E-state index contributed by atoms with van der Waals surface area (Å²) in [6.45, 7) is 5.24. The molecule has 0 saturated carbocycles. The molecule has 0 fully saturated rings. The van der Waals surface area contributed by atoms with Crippen molar-refractivity contribution in [3.63, 3.8) is 0 Å². The van der Waals surface area contributed by atoms with Gasteiger partial charge in [-0.1, -0.05) is 18.7 Å². The Morgan fingerprint density at radius 3 is 2.52 bits per heavy atom. The number of aromatic hydroxyl groups is 1. The fraction of sp³-hybridized carbons (Fsp3) is 0.250. The van der Waals surface area contributed by atoms with Gasteiger partial charge in [-0.05, 0) is 60.7 Å². The van der Waals surface area contributed by atoms with E-state index in [0.717, 1.165) is 29.5 Å². The van der Waals surface area contributed by atoms with Crippen molar-refractivity contribution >= 4 is 11.6 Å². The Labute approximate surface area is 147 Å². The van der Waals surface area contributed by atoms with Gasteiger partial charge in [-0.3, -0.25) is 4.79 Å². The van der Waals surface area contributed by atoms with Gasteiger partial charge in [-0.15, -0.1) is 0 Å². The minimum absolute atomic E-state index is 0.0833. The monoisotopic (exact) mass is 341 g/mol. The summed E-state index contributed by atoms with van der Waals surface area (Å²) in [6.07, 6.45) is 2.71. The molecular formula is C20H23NO4. The van der Waals surface area contributed by atoms with E-state index in [1.54, 1.807) is 20.3 Å². The highest BCUT2D eigenvalue weighted by Crippen LogP contribution is 2.31. The predicted octanol–water partition coefficient (Wildman–Crippen LogP) is 3.63. The zero-order valence-electron chi connectivity index (χ0n) is 14.8. The number of rotatable bonds is 7. The maximum absolute atomic E-state index is 11.4. The summed E-state index contributed by atoms with van der Waals surface area (Å²) in [6, 6.07) is 9.44. The summed E-state index contributed by atoms with van der Waals surface area (Å²) in [5, 5.41) is 12.9. The van der Waals surface area contributed by atoms with Gasteiger partial charge in [0.05, 0.1) is 19.9 Å². The smallest absolute Gasteiger partial charge is 0.247 e. The van der Waals surface area contributed by atoms with Crippen LogP contribution in [0.25, 0.3) is 0 Å². The molecule has 0 aromatic heterocycles. The normalized spacial score (nSPS) is 10.2. The molecule has 0 heterocycles. The third-order valence-corrected chi connectivity index (χ3v) is 4.12. The quantitative estimate of drug-likeness (QED) is 0.596. The van der Waals surface area contributed by atoms with Crippen LogP contribution in [0.2, 0.25) is 0 Å². The maximum Gasteiger partial charge on any atom is 0.247 e. The number of amides is 1. The van der Waals surface area contributed by atoms with Crippen molar-refractivity contribution in [3.05, 3.63) is 59.7 Å². The molecule has 0 bridgehead atoms. The zero-order chi connectivity index (χ0) is 18.4. The molecule has 2 aromatic rings. The van der Waals surface area contributed by atoms with Crippen LogP contribution in [0.4, 0.5) is 5.69 Å². The first-order valence-corrected chi connectivity index (χ1v) is 7.96. The molecule has 0 radical (unpaired) electrons. The van der Waals surface area contributed by atoms with E-state index in [4.69, 9.17) is 9.47 Å². The lowest BCUT2D eigenvalue weighted by atomic mass is 9.99. The third kappa shape index (κ3) is 4.32. The number of hydrogen-bond acceptors (Lipinski definition) is 4. The molecule has 0 unspecified atom stereocenters. The van der Waals surface area contributed by atoms with Gasteiger partial charge in [0.25, 0.3) is 0 Å². The molecule has 0 atom stereocenters. The first-order chi connectivity index (χ1) is 12.0. The topological polar surface area (TPSA) is 67.8 Å². The number of hydrogen-bond donors (Lipinski definition) is 2. The highest BCUT2D eigenvalue weighted by molar-refractivity contribution is 6.00. The minimum atomic E-state index is -0.354. The Morgan fingerprint density at radius 1 is 1.16 bits per heavy atom. The van der Waals surface area contributed by atoms with Crippen molar-refractivity contribution in [2.45, 2.75) is 19.8 Å². The Balaban J connectivity index is 2.14. The molecule has 25 heavy (non-hydrogen) atoms. The second-order valence-electron chi connectivity index (χ2n) is 5.63. The summed E-state index contributed by atoms with van der Waals surface area (Å²) >= 11 is 0. The number of anilines is 1. The zero-order valence-corrected chi connectivity index (χ0v) is 14.8. The fourth-order valence-electron chi connectivity index (χ4n) is 2.61. The van der Waals surface area contributed by atoms with Crippen LogP contribution in [0, 0.1) is 6.92 Å². The van der Waals surface area contributed by atoms with Crippen LogP contribution in [0.15, 0.2) is 43.0 Å². The molecule has 0 aliphatic heterocycles. The Kier molecular flexibility index (Phi) is 6.06. The van der Waals surface area contributed by atoms with E-state index in [1.807, 2.05) is 31.2 Å². The third-order valence-electron chi connectivity index (χ3n) is 4.12. The lowest BCUT2D eigenvalue weighted by Gasteiger charge is -2.13. The molecule has 132 valence electrons. The fourth-order valence-corrected chi connectivity index (χ4v) is 2.61. The van der Waals surface area contributed by atoms with Crippen LogP contribution in [-0.4, -0.2) is 25.2 Å². The second-order valence-corrected chi connectivity index (χ2v) is 5.63. The molecule has 2 aromatic carbocycles. The van der Waals surface area contributed by atoms with Crippen molar-refractivity contribution in [3.8, 4) is 17.2 Å². The average molecular weight is 341 g/mol. The van der Waals surface area contributed by atoms with Crippen LogP contribution < -0.4 is 14.8 Å². The Morgan fingerprint density at radius 2 is 1.88 bits per heavy atom. The number of phenolic OH excluding ortho intramolecular Hbond substituents is 1. The van der Waals surface area contributed by atoms with Crippen molar-refractivity contribution in [1.29, 1.82) is 0 Å². The van der Waals surface area contributed by atoms with Crippen LogP contribution in [0.5, 0.6) is 17.2 Å². The first kappa shape index (κ1) is 18.4. The average Bonchev–Trinajstić information content (AvgIpc) is 2.64. The summed E-state index contributed by atoms with van der Waals surface area (Å²) < 4.78 is 10.6. The maximum atomic E-state index is 11.4. The molecular weight excluding hydrogens is 318 g/mol. The van der Waals surface area contributed by atoms with Crippen LogP contribution >= 0.6 is 0 Å². The van der Waals surface area contributed by atoms with Crippen molar-refractivity contribution in [2.24, 2.45) is 0 Å². The standard InChI is InChI=1S/C20H23NO4/c1-5-19(22)21-16-10-9-15(13(2)20(16)23)8-6-14-7-11-17(24-3)18(12-14)25-4/h5,7,9-12,23H,1,6,8H2,2-4H3,(H,21,22). The van der Waals surface area contributed by atoms with Gasteiger partial charge in [0.1, 0.15) is 5.75 Å². The first-order valence-electron chi connectivity index (χ1n) is 7.96. The molecule has 0 aliphatic carbocycles. The van der Waals surface area contributed by atoms with E-state index in [-0.39, 0.29) is 11.7 Å². The van der Waals surface area contributed by atoms with Crippen molar-refractivity contribution < 1.29 is 19.4 Å². The highest BCUT2D eigenvalue weighted by Gasteiger charge is 2.11. The largest absolute Gasteiger partial charge is 0.505 e. The van der Waals surface area contributed by atoms with E-state index < -0.39 is 0 Å². The van der Waals surface area contributed by atoms with Gasteiger partial charge in [0.15, 0.2) is 11.5 Å². The number of phenols is 1. The lowest BCUT2D eigenvalue weighted by Crippen LogP contribution is -2.08. The second kappa shape index (κ2) is 8.24. The van der Waals surface area contributed by atoms with E-state index >= 15 is 0 Å². The number of nitrogens with one attached hydrogen (secondary N) is 1. The SMILES string of the molecule is C=CC(=O)Nc1ccc(CCc2ccc(OC)c(OC)c2)c(C)c1O. The number of ether oxygens (including phenoxy) is 2. The summed E-state index contributed by atoms with van der Waals surface area (Å²) in [7, 11) is 3.22. The van der Waals surface area contributed by atoms with Gasteiger partial charge in [0.2, 0.25) is 5.91 Å². The molecule has 5 nitrogen and oxygen atoms in total. The molecule has 0 spiro atoms. The van der Waals surface area contributed by atoms with Gasteiger partial charge < -0.3 is 19.9 Å². The van der Waals surface area contributed by atoms with Crippen molar-refractivity contribution in [2.75, 3.05) is 19.5 Å². The molecule has 1 amide bonds. The highest BCUT2D eigenvalue weighted by atomic mass is 16.5. The molecule has 2 rings (SSSR count). The van der Waals surface area contributed by atoms with E-state index in [1.165, 1.54) is 6.08 Å². The summed E-state index contributed by atoms with van der Waals surface area (Å²) in [5.74, 6) is 1.12. The minimum Gasteiger partial charge on any atom is -0.505 e. The lowest BCUT2D eigenvalue weighted by molar-refractivity contribution is -0.111. The number of benzene rings is 2. The summed E-state index contributed by atoms with van der Waals surface area (Å²) in [5.41, 5.74) is 3.27. The van der Waals surface area contributed by atoms with Gasteiger partial charge >= 0.3 is 0 Å². The number of aryl methyl sites for hydroxylation is 2.